The van der Waals surface area contributed by atoms with Gasteiger partial charge in [0, 0.05) is 6.54 Å². The number of anilines is 1. The zero-order valence-corrected chi connectivity index (χ0v) is 7.32. The number of carboxylic acids is 1. The number of aromatic carboxylic acids is 1. The van der Waals surface area contributed by atoms with Crippen LogP contribution >= 0.6 is 0 Å². The third kappa shape index (κ3) is 2.70. The molecule has 0 fully saturated rings. The van der Waals surface area contributed by atoms with Crippen molar-refractivity contribution in [3.05, 3.63) is 17.8 Å². The van der Waals surface area contributed by atoms with Crippen molar-refractivity contribution < 1.29 is 9.90 Å². The van der Waals surface area contributed by atoms with Crippen LogP contribution in [0.1, 0.15) is 23.8 Å². The Bertz CT molecular complexity index is 284. The maximum absolute atomic E-state index is 10.4. The molecule has 0 aliphatic heterocycles. The zero-order chi connectivity index (χ0) is 9.68. The van der Waals surface area contributed by atoms with Crippen LogP contribution in [0.15, 0.2) is 12.1 Å². The zero-order valence-electron chi connectivity index (χ0n) is 7.32. The van der Waals surface area contributed by atoms with Crippen LogP contribution in [-0.2, 0) is 0 Å². The van der Waals surface area contributed by atoms with Gasteiger partial charge in [0.25, 0.3) is 0 Å². The van der Waals surface area contributed by atoms with Crippen molar-refractivity contribution in [1.82, 2.24) is 10.2 Å². The van der Waals surface area contributed by atoms with E-state index in [1.807, 2.05) is 6.92 Å². The number of rotatable bonds is 4. The Balaban J connectivity index is 2.64. The molecular weight excluding hydrogens is 170 g/mol. The van der Waals surface area contributed by atoms with Crippen molar-refractivity contribution in [2.75, 3.05) is 11.9 Å². The second kappa shape index (κ2) is 4.39. The van der Waals surface area contributed by atoms with Crippen LogP contribution in [0.25, 0.3) is 0 Å². The molecule has 5 nitrogen and oxygen atoms in total. The molecule has 0 saturated heterocycles. The molecule has 0 unspecified atom stereocenters. The predicted octanol–water partition coefficient (Wildman–Crippen LogP) is 0.997. The van der Waals surface area contributed by atoms with Gasteiger partial charge in [0.05, 0.1) is 0 Å². The smallest absolute Gasteiger partial charge is 0.356 e. The molecule has 0 saturated carbocycles. The van der Waals surface area contributed by atoms with Gasteiger partial charge in [-0.05, 0) is 18.6 Å². The third-order valence-corrected chi connectivity index (χ3v) is 1.44. The molecule has 0 spiro atoms. The molecule has 0 amide bonds. The van der Waals surface area contributed by atoms with E-state index in [9.17, 15) is 4.79 Å². The largest absolute Gasteiger partial charge is 0.476 e. The first-order valence-corrected chi connectivity index (χ1v) is 4.05. The fourth-order valence-corrected chi connectivity index (χ4v) is 0.794. The average molecular weight is 181 g/mol. The summed E-state index contributed by atoms with van der Waals surface area (Å²) in [6.07, 6.45) is 0.988. The minimum Gasteiger partial charge on any atom is -0.476 e. The molecule has 0 radical (unpaired) electrons. The fraction of sp³-hybridized carbons (Fsp3) is 0.375. The lowest BCUT2D eigenvalue weighted by molar-refractivity contribution is 0.0689. The average Bonchev–Trinajstić information content (AvgIpc) is 2.15. The predicted molar refractivity (Wildman–Crippen MR) is 47.8 cm³/mol. The number of aromatic nitrogens is 2. The molecule has 1 heterocycles. The number of nitrogens with zero attached hydrogens (tertiary/aromatic N) is 2. The van der Waals surface area contributed by atoms with E-state index in [2.05, 4.69) is 15.5 Å². The second-order valence-corrected chi connectivity index (χ2v) is 2.54. The monoisotopic (exact) mass is 181 g/mol. The first-order valence-electron chi connectivity index (χ1n) is 4.05. The topological polar surface area (TPSA) is 75.1 Å². The highest BCUT2D eigenvalue weighted by molar-refractivity contribution is 5.85. The lowest BCUT2D eigenvalue weighted by atomic mass is 10.4. The van der Waals surface area contributed by atoms with Crippen LogP contribution in [0, 0.1) is 0 Å². The summed E-state index contributed by atoms with van der Waals surface area (Å²) in [5, 5.41) is 18.7. The summed E-state index contributed by atoms with van der Waals surface area (Å²) in [6.45, 7) is 2.84. The normalized spacial score (nSPS) is 9.62. The van der Waals surface area contributed by atoms with Crippen LogP contribution in [0.5, 0.6) is 0 Å². The van der Waals surface area contributed by atoms with Gasteiger partial charge in [0.15, 0.2) is 5.69 Å². The standard InChI is InChI=1S/C8H11N3O2/c1-2-5-9-7-4-3-6(8(12)13)10-11-7/h3-4H,2,5H2,1H3,(H,9,11)(H,12,13). The SMILES string of the molecule is CCCNc1ccc(C(=O)O)nn1. The van der Waals surface area contributed by atoms with E-state index in [1.54, 1.807) is 6.07 Å². The van der Waals surface area contributed by atoms with Gasteiger partial charge in [-0.2, -0.15) is 0 Å². The molecule has 13 heavy (non-hydrogen) atoms. The van der Waals surface area contributed by atoms with Crippen LogP contribution in [0.3, 0.4) is 0 Å². The Morgan fingerprint density at radius 1 is 1.54 bits per heavy atom. The molecule has 2 N–H and O–H groups in total. The van der Waals surface area contributed by atoms with Crippen molar-refractivity contribution in [1.29, 1.82) is 0 Å². The van der Waals surface area contributed by atoms with Crippen molar-refractivity contribution >= 4 is 11.8 Å². The molecule has 1 aromatic rings. The minimum atomic E-state index is -1.06. The van der Waals surface area contributed by atoms with Gasteiger partial charge in [-0.25, -0.2) is 4.79 Å². The van der Waals surface area contributed by atoms with Gasteiger partial charge in [0.1, 0.15) is 5.82 Å². The Labute approximate surface area is 75.8 Å². The molecule has 70 valence electrons. The fourth-order valence-electron chi connectivity index (χ4n) is 0.794. The van der Waals surface area contributed by atoms with Crippen molar-refractivity contribution in [2.45, 2.75) is 13.3 Å². The number of carboxylic acid groups (broad SMARTS) is 1. The Morgan fingerprint density at radius 2 is 2.31 bits per heavy atom. The van der Waals surface area contributed by atoms with Gasteiger partial charge >= 0.3 is 5.97 Å². The summed E-state index contributed by atoms with van der Waals surface area (Å²) in [7, 11) is 0. The van der Waals surface area contributed by atoms with E-state index >= 15 is 0 Å². The van der Waals surface area contributed by atoms with Gasteiger partial charge in [-0.3, -0.25) is 0 Å². The second-order valence-electron chi connectivity index (χ2n) is 2.54. The first-order chi connectivity index (χ1) is 6.24. The highest BCUT2D eigenvalue weighted by Crippen LogP contribution is 2.01. The van der Waals surface area contributed by atoms with Crippen molar-refractivity contribution in [2.24, 2.45) is 0 Å². The van der Waals surface area contributed by atoms with Crippen LogP contribution in [0.2, 0.25) is 0 Å². The van der Waals surface area contributed by atoms with E-state index in [4.69, 9.17) is 5.11 Å². The molecule has 0 aliphatic carbocycles. The molecule has 0 bridgehead atoms. The highest BCUT2D eigenvalue weighted by Gasteiger charge is 2.03. The molecule has 1 rings (SSSR count). The Hall–Kier alpha value is -1.65. The van der Waals surface area contributed by atoms with E-state index < -0.39 is 5.97 Å². The summed E-state index contributed by atoms with van der Waals surface area (Å²) < 4.78 is 0. The van der Waals surface area contributed by atoms with Crippen LogP contribution < -0.4 is 5.32 Å². The quantitative estimate of drug-likeness (QED) is 0.724. The van der Waals surface area contributed by atoms with Crippen molar-refractivity contribution in [3.63, 3.8) is 0 Å². The molecule has 5 heteroatoms. The van der Waals surface area contributed by atoms with Crippen LogP contribution in [-0.4, -0.2) is 27.8 Å². The van der Waals surface area contributed by atoms with Gasteiger partial charge in [-0.1, -0.05) is 6.92 Å². The summed E-state index contributed by atoms with van der Waals surface area (Å²) in [5.74, 6) is -0.457. The van der Waals surface area contributed by atoms with E-state index in [0.29, 0.717) is 5.82 Å². The van der Waals surface area contributed by atoms with Gasteiger partial charge in [0.2, 0.25) is 0 Å². The lowest BCUT2D eigenvalue weighted by Gasteiger charge is -2.01. The van der Waals surface area contributed by atoms with E-state index in [0.717, 1.165) is 13.0 Å². The molecule has 0 aliphatic rings. The Kier molecular flexibility index (Phi) is 3.19. The first kappa shape index (κ1) is 9.44. The molecular formula is C8H11N3O2. The van der Waals surface area contributed by atoms with Gasteiger partial charge < -0.3 is 10.4 Å². The maximum atomic E-state index is 10.4. The van der Waals surface area contributed by atoms with E-state index in [-0.39, 0.29) is 5.69 Å². The molecule has 0 atom stereocenters. The summed E-state index contributed by atoms with van der Waals surface area (Å²) in [5.41, 5.74) is -0.0398. The molecule has 0 aromatic carbocycles. The molecule has 1 aromatic heterocycles. The van der Waals surface area contributed by atoms with Crippen molar-refractivity contribution in [3.8, 4) is 0 Å². The Morgan fingerprint density at radius 3 is 2.77 bits per heavy atom. The lowest BCUT2D eigenvalue weighted by Crippen LogP contribution is -2.06. The number of hydrogen-bond acceptors (Lipinski definition) is 4. The summed E-state index contributed by atoms with van der Waals surface area (Å²) in [4.78, 5) is 10.4. The third-order valence-electron chi connectivity index (χ3n) is 1.44. The van der Waals surface area contributed by atoms with E-state index in [1.165, 1.54) is 6.07 Å². The number of carbonyl (C=O) groups is 1. The van der Waals surface area contributed by atoms with Gasteiger partial charge in [-0.15, -0.1) is 10.2 Å². The summed E-state index contributed by atoms with van der Waals surface area (Å²) in [6, 6.07) is 3.03. The number of nitrogens with one attached hydrogen (secondary N) is 1. The highest BCUT2D eigenvalue weighted by atomic mass is 16.4. The minimum absolute atomic E-state index is 0.0398. The van der Waals surface area contributed by atoms with Crippen LogP contribution in [0.4, 0.5) is 5.82 Å². The number of hydrogen-bond donors (Lipinski definition) is 2. The maximum Gasteiger partial charge on any atom is 0.356 e. The summed E-state index contributed by atoms with van der Waals surface area (Å²) >= 11 is 0.